The van der Waals surface area contributed by atoms with E-state index < -0.39 is 0 Å². The highest BCUT2D eigenvalue weighted by Gasteiger charge is 2.28. The van der Waals surface area contributed by atoms with Crippen LogP contribution in [0.4, 0.5) is 0 Å². The summed E-state index contributed by atoms with van der Waals surface area (Å²) in [5, 5.41) is 0. The number of hydrogen-bond acceptors (Lipinski definition) is 4. The van der Waals surface area contributed by atoms with E-state index in [4.69, 9.17) is 0 Å². The van der Waals surface area contributed by atoms with E-state index in [0.717, 1.165) is 21.4 Å². The lowest BCUT2D eigenvalue weighted by Gasteiger charge is -2.07. The first-order chi connectivity index (χ1) is 9.56. The lowest BCUT2D eigenvalue weighted by Crippen LogP contribution is -2.06. The molecule has 1 fully saturated rings. The van der Waals surface area contributed by atoms with Gasteiger partial charge in [-0.1, -0.05) is 23.5 Å². The summed E-state index contributed by atoms with van der Waals surface area (Å²) in [4.78, 5) is 16.9. The fourth-order valence-corrected chi connectivity index (χ4v) is 4.78. The van der Waals surface area contributed by atoms with Crippen LogP contribution in [0, 0.1) is 13.8 Å². The first-order valence-electron chi connectivity index (χ1n) is 7.11. The Balaban J connectivity index is 1.68. The van der Waals surface area contributed by atoms with Crippen molar-refractivity contribution in [2.75, 3.05) is 11.5 Å². The minimum absolute atomic E-state index is 0.234. The van der Waals surface area contributed by atoms with E-state index in [-0.39, 0.29) is 5.78 Å². The normalized spacial score (nSPS) is 22.1. The van der Waals surface area contributed by atoms with Crippen molar-refractivity contribution in [1.29, 1.82) is 0 Å². The molecule has 1 aliphatic heterocycles. The summed E-state index contributed by atoms with van der Waals surface area (Å²) in [7, 11) is 0. The van der Waals surface area contributed by atoms with Crippen LogP contribution in [0.25, 0.3) is 0 Å². The zero-order valence-electron chi connectivity index (χ0n) is 12.2. The quantitative estimate of drug-likeness (QED) is 0.792. The van der Waals surface area contributed by atoms with Crippen molar-refractivity contribution in [2.24, 2.45) is 4.99 Å². The molecule has 0 spiro atoms. The van der Waals surface area contributed by atoms with Gasteiger partial charge in [0, 0.05) is 28.7 Å². The summed E-state index contributed by atoms with van der Waals surface area (Å²) in [6.45, 7) is 6.30. The number of thioether (sulfide) groups is 2. The molecule has 2 aliphatic rings. The van der Waals surface area contributed by atoms with E-state index in [1.165, 1.54) is 18.5 Å². The molecule has 0 amide bonds. The van der Waals surface area contributed by atoms with Crippen molar-refractivity contribution in [1.82, 2.24) is 4.57 Å². The van der Waals surface area contributed by atoms with Gasteiger partial charge in [0.2, 0.25) is 0 Å². The summed E-state index contributed by atoms with van der Waals surface area (Å²) in [6, 6.07) is 3.10. The monoisotopic (exact) mass is 308 g/mol. The highest BCUT2D eigenvalue weighted by atomic mass is 32.2. The zero-order chi connectivity index (χ0) is 14.3. The molecule has 20 heavy (non-hydrogen) atoms. The molecule has 1 saturated carbocycles. The standard InChI is InChI=1S/C15H20N2OS2/c1-9-7-19-15(16-9)20-8-14(18)13-6-10(2)17(11(13)3)12-4-5-12/h6,9,12H,4-5,7-8H2,1-3H3/t9-/m0/s1. The number of Topliss-reactive ketones (excluding diaryl/α,β-unsaturated/α-hetero) is 1. The van der Waals surface area contributed by atoms with Crippen molar-refractivity contribution in [3.8, 4) is 0 Å². The lowest BCUT2D eigenvalue weighted by atomic mass is 10.2. The van der Waals surface area contributed by atoms with E-state index in [2.05, 4.69) is 36.4 Å². The predicted octanol–water partition coefficient (Wildman–Crippen LogP) is 3.85. The maximum absolute atomic E-state index is 12.4. The Hall–Kier alpha value is -0.680. The number of rotatable bonds is 4. The summed E-state index contributed by atoms with van der Waals surface area (Å²) < 4.78 is 3.41. The summed E-state index contributed by atoms with van der Waals surface area (Å²) in [5.41, 5.74) is 3.27. The van der Waals surface area contributed by atoms with Gasteiger partial charge in [0.25, 0.3) is 0 Å². The maximum Gasteiger partial charge on any atom is 0.174 e. The molecule has 1 aromatic heterocycles. The van der Waals surface area contributed by atoms with E-state index in [0.29, 0.717) is 17.8 Å². The first-order valence-corrected chi connectivity index (χ1v) is 9.08. The second-order valence-electron chi connectivity index (χ2n) is 5.65. The van der Waals surface area contributed by atoms with Gasteiger partial charge in [-0.05, 0) is 39.7 Å². The van der Waals surface area contributed by atoms with Crippen LogP contribution in [0.5, 0.6) is 0 Å². The smallest absolute Gasteiger partial charge is 0.174 e. The molecule has 0 aromatic carbocycles. The van der Waals surface area contributed by atoms with E-state index >= 15 is 0 Å². The number of carbonyl (C=O) groups excluding carboxylic acids is 1. The molecule has 2 heterocycles. The molecule has 0 unspecified atom stereocenters. The minimum Gasteiger partial charge on any atom is -0.345 e. The Morgan fingerprint density at radius 3 is 2.85 bits per heavy atom. The van der Waals surface area contributed by atoms with Crippen LogP contribution in [0.2, 0.25) is 0 Å². The lowest BCUT2D eigenvalue weighted by molar-refractivity contribution is 0.102. The van der Waals surface area contributed by atoms with Crippen molar-refractivity contribution in [2.45, 2.75) is 45.7 Å². The van der Waals surface area contributed by atoms with Crippen LogP contribution in [0.15, 0.2) is 11.1 Å². The minimum atomic E-state index is 0.234. The van der Waals surface area contributed by atoms with Crippen LogP contribution in [0.3, 0.4) is 0 Å². The van der Waals surface area contributed by atoms with Gasteiger partial charge < -0.3 is 4.57 Å². The van der Waals surface area contributed by atoms with Crippen LogP contribution in [0.1, 0.15) is 47.6 Å². The van der Waals surface area contributed by atoms with Crippen LogP contribution >= 0.6 is 23.5 Å². The van der Waals surface area contributed by atoms with Crippen molar-refractivity contribution >= 4 is 33.7 Å². The van der Waals surface area contributed by atoms with E-state index in [1.54, 1.807) is 23.5 Å². The number of nitrogens with zero attached hydrogens (tertiary/aromatic N) is 2. The third-order valence-corrected chi connectivity index (χ3v) is 6.26. The van der Waals surface area contributed by atoms with Gasteiger partial charge in [-0.15, -0.1) is 0 Å². The topological polar surface area (TPSA) is 34.4 Å². The molecule has 108 valence electrons. The molecule has 0 radical (unpaired) electrons. The molecular formula is C15H20N2OS2. The second-order valence-corrected chi connectivity index (χ2v) is 7.88. The Morgan fingerprint density at radius 1 is 1.50 bits per heavy atom. The first kappa shape index (κ1) is 14.3. The summed E-state index contributed by atoms with van der Waals surface area (Å²) >= 11 is 3.36. The number of aliphatic imine (C=N–C) groups is 1. The maximum atomic E-state index is 12.4. The molecule has 0 N–H and O–H groups in total. The molecular weight excluding hydrogens is 288 g/mol. The fraction of sp³-hybridized carbons (Fsp3) is 0.600. The van der Waals surface area contributed by atoms with E-state index in [9.17, 15) is 4.79 Å². The van der Waals surface area contributed by atoms with Crippen molar-refractivity contribution in [3.63, 3.8) is 0 Å². The summed E-state index contributed by atoms with van der Waals surface area (Å²) in [6.07, 6.45) is 2.51. The molecule has 0 saturated heterocycles. The zero-order valence-corrected chi connectivity index (χ0v) is 13.8. The third-order valence-electron chi connectivity index (χ3n) is 3.80. The fourth-order valence-electron chi connectivity index (χ4n) is 2.68. The van der Waals surface area contributed by atoms with Crippen LogP contribution in [-0.2, 0) is 0 Å². The summed E-state index contributed by atoms with van der Waals surface area (Å²) in [5.74, 6) is 1.79. The number of ketones is 1. The molecule has 1 atom stereocenters. The molecule has 1 aromatic rings. The molecule has 5 heteroatoms. The van der Waals surface area contributed by atoms with Crippen LogP contribution in [-0.4, -0.2) is 32.3 Å². The predicted molar refractivity (Wildman–Crippen MR) is 88.3 cm³/mol. The average Bonchev–Trinajstić information content (AvgIpc) is 3.08. The molecule has 1 aliphatic carbocycles. The Kier molecular flexibility index (Phi) is 4.00. The molecule has 3 nitrogen and oxygen atoms in total. The van der Waals surface area contributed by atoms with Crippen molar-refractivity contribution < 1.29 is 4.79 Å². The van der Waals surface area contributed by atoms with Gasteiger partial charge in [-0.3, -0.25) is 9.79 Å². The Bertz CT molecular complexity index is 573. The van der Waals surface area contributed by atoms with Crippen molar-refractivity contribution in [3.05, 3.63) is 23.0 Å². The van der Waals surface area contributed by atoms with E-state index in [1.807, 2.05) is 0 Å². The third kappa shape index (κ3) is 2.84. The van der Waals surface area contributed by atoms with Gasteiger partial charge >= 0.3 is 0 Å². The number of aryl methyl sites for hydroxylation is 1. The Labute approximate surface area is 128 Å². The molecule has 0 bridgehead atoms. The highest BCUT2D eigenvalue weighted by Crippen LogP contribution is 2.38. The number of aromatic nitrogens is 1. The number of carbonyl (C=O) groups is 1. The Morgan fingerprint density at radius 2 is 2.25 bits per heavy atom. The number of hydrogen-bond donors (Lipinski definition) is 0. The SMILES string of the molecule is Cc1cc(C(=O)CSC2=N[C@@H](C)CS2)c(C)n1C1CC1. The van der Waals surface area contributed by atoms with Gasteiger partial charge in [0.15, 0.2) is 5.78 Å². The van der Waals surface area contributed by atoms with Gasteiger partial charge in [0.05, 0.1) is 11.8 Å². The van der Waals surface area contributed by atoms with Gasteiger partial charge in [0.1, 0.15) is 4.38 Å². The largest absolute Gasteiger partial charge is 0.345 e. The average molecular weight is 308 g/mol. The van der Waals surface area contributed by atoms with Crippen LogP contribution < -0.4 is 0 Å². The highest BCUT2D eigenvalue weighted by molar-refractivity contribution is 8.39. The van der Waals surface area contributed by atoms with Gasteiger partial charge in [-0.2, -0.15) is 0 Å². The van der Waals surface area contributed by atoms with Gasteiger partial charge in [-0.25, -0.2) is 0 Å². The molecule has 3 rings (SSSR count). The second kappa shape index (κ2) is 5.60.